The molecule has 0 saturated carbocycles. The molecule has 21 nitrogen and oxygen atoms in total. The van der Waals surface area contributed by atoms with Crippen LogP contribution < -0.4 is 28.4 Å². The van der Waals surface area contributed by atoms with Gasteiger partial charge in [0, 0.05) is 0 Å². The van der Waals surface area contributed by atoms with Gasteiger partial charge in [-0.05, 0) is 229 Å². The highest BCUT2D eigenvalue weighted by Crippen LogP contribution is 2.25. The van der Waals surface area contributed by atoms with Crippen LogP contribution in [0.5, 0.6) is 34.5 Å². The summed E-state index contributed by atoms with van der Waals surface area (Å²) in [5.74, 6) is -0.451. The summed E-state index contributed by atoms with van der Waals surface area (Å²) in [6.07, 6.45) is 36.0. The number of hydrogen-bond acceptors (Lipinski definition) is 21. The topological polar surface area (TPSA) is 264 Å². The molecule has 0 radical (unpaired) electrons. The fourth-order valence-corrected chi connectivity index (χ4v) is 11.7. The highest BCUT2D eigenvalue weighted by molar-refractivity contribution is 5.93. The second-order valence-corrected chi connectivity index (χ2v) is 28.5. The molecule has 0 aliphatic carbocycles. The van der Waals surface area contributed by atoms with Crippen LogP contribution in [-0.4, -0.2) is 107 Å². The lowest BCUT2D eigenvalue weighted by Crippen LogP contribution is -2.11. The van der Waals surface area contributed by atoms with E-state index in [1.165, 1.54) is 147 Å². The van der Waals surface area contributed by atoms with E-state index in [1.807, 2.05) is 48.5 Å². The third-order valence-corrected chi connectivity index (χ3v) is 18.6. The van der Waals surface area contributed by atoms with Gasteiger partial charge < -0.3 is 56.8 Å². The summed E-state index contributed by atoms with van der Waals surface area (Å²) in [7, 11) is 1.27. The van der Waals surface area contributed by atoms with Crippen molar-refractivity contribution in [2.45, 2.75) is 272 Å². The third kappa shape index (κ3) is 47.7. The van der Waals surface area contributed by atoms with E-state index in [0.29, 0.717) is 104 Å². The van der Waals surface area contributed by atoms with Crippen LogP contribution in [0, 0.1) is 0 Å². The number of methoxy groups -OCH3 is 1. The van der Waals surface area contributed by atoms with Crippen LogP contribution in [0.25, 0.3) is 0 Å². The molecular formula is C95H130O21. The molecule has 0 aliphatic heterocycles. The fraction of sp³-hybridized carbons (Fsp3) is 0.526. The van der Waals surface area contributed by atoms with Crippen molar-refractivity contribution in [3.8, 4) is 34.5 Å². The van der Waals surface area contributed by atoms with E-state index in [0.717, 1.165) is 69.3 Å². The predicted octanol–water partition coefficient (Wildman–Crippen LogP) is 22.8. The van der Waals surface area contributed by atoms with Crippen molar-refractivity contribution in [1.29, 1.82) is 0 Å². The lowest BCUT2D eigenvalue weighted by atomic mass is 10.0. The Kier molecular flexibility index (Phi) is 54.4. The molecule has 0 unspecified atom stereocenters. The molecular weight excluding hydrogens is 1480 g/mol. The lowest BCUT2D eigenvalue weighted by molar-refractivity contribution is -0.150. The average molecular weight is 1610 g/mol. The van der Waals surface area contributed by atoms with Crippen molar-refractivity contribution in [3.63, 3.8) is 0 Å². The highest BCUT2D eigenvalue weighted by Gasteiger charge is 2.17. The van der Waals surface area contributed by atoms with Gasteiger partial charge >= 0.3 is 53.9 Å². The van der Waals surface area contributed by atoms with Gasteiger partial charge in [-0.2, -0.15) is 0 Å². The van der Waals surface area contributed by atoms with Crippen molar-refractivity contribution in [2.75, 3.05) is 53.4 Å². The van der Waals surface area contributed by atoms with Crippen molar-refractivity contribution < 1.29 is 100.0 Å². The molecule has 6 rings (SSSR count). The van der Waals surface area contributed by atoms with Crippen LogP contribution in [0.15, 0.2) is 146 Å². The van der Waals surface area contributed by atoms with Gasteiger partial charge in [-0.15, -0.1) is 0 Å². The van der Waals surface area contributed by atoms with Crippen LogP contribution in [0.1, 0.15) is 312 Å². The van der Waals surface area contributed by atoms with E-state index in [-0.39, 0.29) is 38.9 Å². The molecule has 116 heavy (non-hydrogen) atoms. The molecule has 0 N–H and O–H groups in total. The molecule has 636 valence electrons. The Bertz CT molecular complexity index is 3650. The number of hydrogen-bond donors (Lipinski definition) is 0. The zero-order valence-electron chi connectivity index (χ0n) is 70.0. The quantitative estimate of drug-likeness (QED) is 0.0149. The molecule has 21 heteroatoms. The van der Waals surface area contributed by atoms with Gasteiger partial charge in [-0.1, -0.05) is 174 Å². The van der Waals surface area contributed by atoms with Crippen molar-refractivity contribution >= 4 is 53.9 Å². The second-order valence-electron chi connectivity index (χ2n) is 28.5. The molecule has 0 fully saturated rings. The van der Waals surface area contributed by atoms with E-state index in [4.69, 9.17) is 52.1 Å². The van der Waals surface area contributed by atoms with Crippen molar-refractivity contribution in [3.05, 3.63) is 179 Å². The maximum atomic E-state index is 12.6. The van der Waals surface area contributed by atoms with Gasteiger partial charge in [-0.25, -0.2) is 24.0 Å². The van der Waals surface area contributed by atoms with Gasteiger partial charge in [0.15, 0.2) is 0 Å². The molecule has 0 atom stereocenters. The second kappa shape index (κ2) is 64.2. The summed E-state index contributed by atoms with van der Waals surface area (Å²) in [6, 6.07) is 42.1. The van der Waals surface area contributed by atoms with Gasteiger partial charge in [-0.3, -0.25) is 19.2 Å². The molecule has 0 spiro atoms. The maximum Gasteiger partial charge on any atom is 0.508 e. The summed E-state index contributed by atoms with van der Waals surface area (Å²) in [6.45, 7) is 13.3. The first-order valence-corrected chi connectivity index (χ1v) is 42.6. The summed E-state index contributed by atoms with van der Waals surface area (Å²) in [5.41, 5.74) is 4.36. The molecule has 0 bridgehead atoms. The van der Waals surface area contributed by atoms with Crippen molar-refractivity contribution in [1.82, 2.24) is 0 Å². The Morgan fingerprint density at radius 1 is 0.233 bits per heavy atom. The molecule has 0 aliphatic rings. The zero-order chi connectivity index (χ0) is 83.7. The van der Waals surface area contributed by atoms with Crippen LogP contribution in [0.4, 0.5) is 4.79 Å². The molecule has 0 heterocycles. The number of rotatable bonds is 58. The van der Waals surface area contributed by atoms with Gasteiger partial charge in [0.05, 0.1) is 101 Å². The molecule has 6 aromatic carbocycles. The Hall–Kier alpha value is -10.0. The van der Waals surface area contributed by atoms with E-state index in [9.17, 15) is 43.2 Å². The first kappa shape index (κ1) is 98.3. The van der Waals surface area contributed by atoms with Gasteiger partial charge in [0.2, 0.25) is 0 Å². The summed E-state index contributed by atoms with van der Waals surface area (Å²) >= 11 is 0. The van der Waals surface area contributed by atoms with Crippen molar-refractivity contribution in [2.24, 2.45) is 0 Å². The summed E-state index contributed by atoms with van der Waals surface area (Å²) in [5, 5.41) is 0. The first-order chi connectivity index (χ1) is 56.6. The van der Waals surface area contributed by atoms with Gasteiger partial charge in [0.25, 0.3) is 0 Å². The number of unbranched alkanes of at least 4 members (excludes halogenated alkanes) is 25. The van der Waals surface area contributed by atoms with Crippen LogP contribution in [0.3, 0.4) is 0 Å². The Morgan fingerprint density at radius 2 is 0.466 bits per heavy atom. The maximum absolute atomic E-state index is 12.6. The SMILES string of the molecule is CCCCCCCCCc1ccc(C(=O)Oc2ccc(OC(=O)c3ccc(OCCCCCC)cc3)cc2)cc1.CCCCCCCCCc1ccc(C(=O)Oc2ccc(OC(=O)c3ccc(OCCCCCCC)cc3)cc2)cc1.CCOC(=O)CCC(=O)OCCCCCCOC(=O)OCCCCCCOC(=O)CCC(=O)OC. The number of esters is 8. The minimum atomic E-state index is -0.694. The molecule has 0 amide bonds. The Labute approximate surface area is 689 Å². The monoisotopic (exact) mass is 1610 g/mol. The molecule has 0 saturated heterocycles. The van der Waals surface area contributed by atoms with Crippen LogP contribution >= 0.6 is 0 Å². The number of ether oxygens (including phenoxy) is 12. The predicted molar refractivity (Wildman–Crippen MR) is 449 cm³/mol. The Balaban J connectivity index is 0.000000368. The smallest absolute Gasteiger partial charge is 0.494 e. The normalized spacial score (nSPS) is 10.6. The third-order valence-electron chi connectivity index (χ3n) is 18.6. The standard InChI is InChI=1S/C36H46O5.C35H44O5.C24H40O11/c1-3-5-7-9-10-11-13-15-29-16-18-30(19-17-29)35(37)40-33-24-26-34(27-25-33)41-36(38)31-20-22-32(23-21-31)39-28-14-12-8-6-4-2;1-3-5-7-9-10-11-12-14-28-15-17-29(18-16-28)34(36)39-32-23-25-33(26-24-32)40-35(37)30-19-21-31(22-20-30)38-27-13-8-6-4-2;1-3-31-21(26)14-15-23(28)33-17-9-5-7-11-19-35-24(29)34-18-10-6-4-8-16-32-22(27)13-12-20(25)30-2/h16-27H,3-15,28H2,1-2H3;15-26H,3-14,27H2,1-2H3;3-19H2,1-2H3. The average Bonchev–Trinajstić information content (AvgIpc) is 0.861. The number of carbonyl (C=O) groups is 9. The number of aryl methyl sites for hydroxylation is 2. The minimum absolute atomic E-state index is 0.0118. The minimum Gasteiger partial charge on any atom is -0.494 e. The zero-order valence-corrected chi connectivity index (χ0v) is 70.0. The molecule has 6 aromatic rings. The van der Waals surface area contributed by atoms with E-state index < -0.39 is 53.9 Å². The van der Waals surface area contributed by atoms with Crippen LogP contribution in [-0.2, 0) is 60.4 Å². The van der Waals surface area contributed by atoms with E-state index in [1.54, 1.807) is 104 Å². The lowest BCUT2D eigenvalue weighted by Gasteiger charge is -2.09. The number of carbonyl (C=O) groups excluding carboxylic acids is 9. The van der Waals surface area contributed by atoms with Crippen LogP contribution in [0.2, 0.25) is 0 Å². The molecule has 0 aromatic heterocycles. The number of benzene rings is 6. The fourth-order valence-electron chi connectivity index (χ4n) is 11.7. The summed E-state index contributed by atoms with van der Waals surface area (Å²) < 4.78 is 62.7. The largest absolute Gasteiger partial charge is 0.508 e. The van der Waals surface area contributed by atoms with E-state index in [2.05, 4.69) is 32.4 Å². The van der Waals surface area contributed by atoms with E-state index >= 15 is 0 Å². The highest BCUT2D eigenvalue weighted by atomic mass is 16.7. The Morgan fingerprint density at radius 3 is 0.759 bits per heavy atom. The summed E-state index contributed by atoms with van der Waals surface area (Å²) in [4.78, 5) is 107. The first-order valence-electron chi connectivity index (χ1n) is 42.6. The van der Waals surface area contributed by atoms with Gasteiger partial charge in [0.1, 0.15) is 34.5 Å².